The summed E-state index contributed by atoms with van der Waals surface area (Å²) in [6.07, 6.45) is 3.64. The van der Waals surface area contributed by atoms with Crippen molar-refractivity contribution in [2.45, 2.75) is 0 Å². The minimum absolute atomic E-state index is 0.192. The molecule has 4 N–H and O–H groups in total. The van der Waals surface area contributed by atoms with Gasteiger partial charge in [-0.3, -0.25) is 0 Å². The van der Waals surface area contributed by atoms with Crippen LogP contribution in [0.5, 0.6) is 5.75 Å². The smallest absolute Gasteiger partial charge is 0.335 e. The van der Waals surface area contributed by atoms with Crippen LogP contribution >= 0.6 is 0 Å². The van der Waals surface area contributed by atoms with Gasteiger partial charge in [-0.25, -0.2) is 4.79 Å². The molecule has 0 saturated carbocycles. The molecule has 108 valence electrons. The molecule has 0 unspecified atom stereocenters. The Morgan fingerprint density at radius 3 is 2.55 bits per heavy atom. The topological polar surface area (TPSA) is 89.1 Å². The number of aromatic nitrogens is 2. The molecular formula is C17H12N2O3. The number of carboxylic acids is 1. The van der Waals surface area contributed by atoms with Crippen LogP contribution in [-0.4, -0.2) is 26.2 Å². The lowest BCUT2D eigenvalue weighted by Crippen LogP contribution is -1.94. The highest BCUT2D eigenvalue weighted by Gasteiger charge is 2.15. The normalized spacial score (nSPS) is 11.3. The summed E-state index contributed by atoms with van der Waals surface area (Å²) in [4.78, 5) is 17.4. The maximum atomic E-state index is 11.2. The predicted molar refractivity (Wildman–Crippen MR) is 84.2 cm³/mol. The molecule has 0 radical (unpaired) electrons. The highest BCUT2D eigenvalue weighted by molar-refractivity contribution is 6.08. The number of rotatable bonds is 2. The molecule has 22 heavy (non-hydrogen) atoms. The average molecular weight is 292 g/mol. The van der Waals surface area contributed by atoms with E-state index in [-0.39, 0.29) is 11.3 Å². The van der Waals surface area contributed by atoms with E-state index < -0.39 is 5.97 Å². The van der Waals surface area contributed by atoms with E-state index >= 15 is 0 Å². The van der Waals surface area contributed by atoms with Crippen molar-refractivity contribution in [1.82, 2.24) is 9.97 Å². The van der Waals surface area contributed by atoms with Crippen LogP contribution in [-0.2, 0) is 0 Å². The molecule has 0 bridgehead atoms. The van der Waals surface area contributed by atoms with Gasteiger partial charge in [0.1, 0.15) is 5.75 Å². The fourth-order valence-electron chi connectivity index (χ4n) is 2.85. The Labute approximate surface area is 124 Å². The van der Waals surface area contributed by atoms with Gasteiger partial charge in [-0.2, -0.15) is 0 Å². The molecule has 0 fully saturated rings. The number of phenolic OH excluding ortho intramolecular Hbond substituents is 1. The number of aromatic carboxylic acids is 1. The van der Waals surface area contributed by atoms with Gasteiger partial charge in [0.15, 0.2) is 0 Å². The van der Waals surface area contributed by atoms with Gasteiger partial charge in [-0.1, -0.05) is 6.07 Å². The van der Waals surface area contributed by atoms with Crippen LogP contribution in [0.15, 0.2) is 48.8 Å². The maximum absolute atomic E-state index is 11.2. The second-order valence-corrected chi connectivity index (χ2v) is 5.17. The summed E-state index contributed by atoms with van der Waals surface area (Å²) in [5.74, 6) is -0.770. The van der Waals surface area contributed by atoms with E-state index in [1.165, 1.54) is 0 Å². The van der Waals surface area contributed by atoms with Gasteiger partial charge < -0.3 is 20.2 Å². The van der Waals surface area contributed by atoms with Gasteiger partial charge >= 0.3 is 5.97 Å². The zero-order valence-corrected chi connectivity index (χ0v) is 11.4. The first-order chi connectivity index (χ1) is 10.6. The van der Waals surface area contributed by atoms with Crippen LogP contribution in [0.25, 0.3) is 32.9 Å². The molecule has 0 saturated heterocycles. The summed E-state index contributed by atoms with van der Waals surface area (Å²) in [6.45, 7) is 0. The predicted octanol–water partition coefficient (Wildman–Crippen LogP) is 3.72. The molecule has 5 heteroatoms. The number of benzene rings is 2. The second-order valence-electron chi connectivity index (χ2n) is 5.17. The van der Waals surface area contributed by atoms with Crippen molar-refractivity contribution in [2.24, 2.45) is 0 Å². The van der Waals surface area contributed by atoms with Gasteiger partial charge in [0, 0.05) is 45.3 Å². The Kier molecular flexibility index (Phi) is 2.50. The van der Waals surface area contributed by atoms with E-state index in [0.29, 0.717) is 0 Å². The van der Waals surface area contributed by atoms with Gasteiger partial charge in [0.05, 0.1) is 5.56 Å². The molecular weight excluding hydrogens is 280 g/mol. The third-order valence-corrected chi connectivity index (χ3v) is 3.90. The summed E-state index contributed by atoms with van der Waals surface area (Å²) in [6, 6.07) is 10.2. The molecule has 5 nitrogen and oxygen atoms in total. The standard InChI is InChI=1S/C17H12N2O3/c20-15-3-1-2-14-16(15)12(8-19-14)11-7-18-13-5-4-9(17(21)22)6-10(11)13/h1-8,18-20H,(H,21,22). The number of fused-ring (bicyclic) bond motifs is 2. The van der Waals surface area contributed by atoms with Crippen molar-refractivity contribution >= 4 is 27.8 Å². The second kappa shape index (κ2) is 4.39. The molecule has 2 aromatic heterocycles. The maximum Gasteiger partial charge on any atom is 0.335 e. The number of phenols is 1. The third kappa shape index (κ3) is 1.69. The van der Waals surface area contributed by atoms with E-state index in [2.05, 4.69) is 9.97 Å². The first-order valence-corrected chi connectivity index (χ1v) is 6.79. The molecule has 0 aliphatic rings. The first-order valence-electron chi connectivity index (χ1n) is 6.79. The third-order valence-electron chi connectivity index (χ3n) is 3.90. The Morgan fingerprint density at radius 1 is 0.955 bits per heavy atom. The van der Waals surface area contributed by atoms with Crippen molar-refractivity contribution in [3.63, 3.8) is 0 Å². The number of hydrogen-bond acceptors (Lipinski definition) is 2. The van der Waals surface area contributed by atoms with Gasteiger partial charge in [-0.05, 0) is 30.3 Å². The number of aromatic amines is 2. The van der Waals surface area contributed by atoms with E-state index in [0.717, 1.165) is 32.9 Å². The van der Waals surface area contributed by atoms with Crippen molar-refractivity contribution in [3.8, 4) is 16.9 Å². The van der Waals surface area contributed by atoms with E-state index in [4.69, 9.17) is 5.11 Å². The number of carbonyl (C=O) groups is 1. The lowest BCUT2D eigenvalue weighted by Gasteiger charge is -2.01. The van der Waals surface area contributed by atoms with Crippen molar-refractivity contribution in [2.75, 3.05) is 0 Å². The SMILES string of the molecule is O=C(O)c1ccc2[nH]cc(-c3c[nH]c4cccc(O)c34)c2c1. The summed E-state index contributed by atoms with van der Waals surface area (Å²) in [5.41, 5.74) is 3.61. The van der Waals surface area contributed by atoms with E-state index in [1.807, 2.05) is 18.5 Å². The van der Waals surface area contributed by atoms with Crippen LogP contribution in [0.4, 0.5) is 0 Å². The van der Waals surface area contributed by atoms with Crippen LogP contribution in [0.2, 0.25) is 0 Å². The zero-order valence-electron chi connectivity index (χ0n) is 11.4. The lowest BCUT2D eigenvalue weighted by molar-refractivity contribution is 0.0697. The van der Waals surface area contributed by atoms with Crippen molar-refractivity contribution in [1.29, 1.82) is 0 Å². The van der Waals surface area contributed by atoms with Crippen molar-refractivity contribution in [3.05, 3.63) is 54.4 Å². The van der Waals surface area contributed by atoms with E-state index in [9.17, 15) is 9.90 Å². The Balaban J connectivity index is 2.04. The van der Waals surface area contributed by atoms with Crippen LogP contribution in [0, 0.1) is 0 Å². The summed E-state index contributed by atoms with van der Waals surface area (Å²) >= 11 is 0. The first kappa shape index (κ1) is 12.5. The fourth-order valence-corrected chi connectivity index (χ4v) is 2.85. The molecule has 2 heterocycles. The molecule has 2 aromatic carbocycles. The number of H-pyrrole nitrogens is 2. The molecule has 0 atom stereocenters. The molecule has 0 aliphatic heterocycles. The molecule has 0 amide bonds. The largest absolute Gasteiger partial charge is 0.507 e. The van der Waals surface area contributed by atoms with Gasteiger partial charge in [0.2, 0.25) is 0 Å². The van der Waals surface area contributed by atoms with E-state index in [1.54, 1.807) is 30.3 Å². The molecule has 0 spiro atoms. The summed E-state index contributed by atoms with van der Waals surface area (Å²) in [5, 5.41) is 20.8. The molecule has 4 aromatic rings. The van der Waals surface area contributed by atoms with Crippen LogP contribution in [0.3, 0.4) is 0 Å². The van der Waals surface area contributed by atoms with Crippen molar-refractivity contribution < 1.29 is 15.0 Å². The quantitative estimate of drug-likeness (QED) is 0.454. The Bertz CT molecular complexity index is 1030. The van der Waals surface area contributed by atoms with Gasteiger partial charge in [-0.15, -0.1) is 0 Å². The molecule has 0 aliphatic carbocycles. The number of aromatic hydroxyl groups is 1. The Morgan fingerprint density at radius 2 is 1.73 bits per heavy atom. The van der Waals surface area contributed by atoms with Crippen LogP contribution in [0.1, 0.15) is 10.4 Å². The Hall–Kier alpha value is -3.21. The highest BCUT2D eigenvalue weighted by atomic mass is 16.4. The number of hydrogen-bond donors (Lipinski definition) is 4. The zero-order chi connectivity index (χ0) is 15.3. The summed E-state index contributed by atoms with van der Waals surface area (Å²) in [7, 11) is 0. The average Bonchev–Trinajstić information content (AvgIpc) is 3.10. The lowest BCUT2D eigenvalue weighted by atomic mass is 10.0. The number of carboxylic acid groups (broad SMARTS) is 1. The number of nitrogens with one attached hydrogen (secondary N) is 2. The fraction of sp³-hybridized carbons (Fsp3) is 0. The highest BCUT2D eigenvalue weighted by Crippen LogP contribution is 2.38. The van der Waals surface area contributed by atoms with Crippen LogP contribution < -0.4 is 0 Å². The minimum Gasteiger partial charge on any atom is -0.507 e. The molecule has 4 rings (SSSR count). The summed E-state index contributed by atoms with van der Waals surface area (Å²) < 4.78 is 0. The van der Waals surface area contributed by atoms with Gasteiger partial charge in [0.25, 0.3) is 0 Å². The minimum atomic E-state index is -0.962. The monoisotopic (exact) mass is 292 g/mol.